The summed E-state index contributed by atoms with van der Waals surface area (Å²) in [6.45, 7) is 2.17. The smallest absolute Gasteiger partial charge is 0.261 e. The van der Waals surface area contributed by atoms with Crippen molar-refractivity contribution in [3.05, 3.63) is 34.9 Å². The van der Waals surface area contributed by atoms with Crippen molar-refractivity contribution in [2.45, 2.75) is 75.9 Å². The Hall–Kier alpha value is -2.21. The molecule has 1 N–H and O–H groups in total. The van der Waals surface area contributed by atoms with Crippen molar-refractivity contribution in [2.75, 3.05) is 13.1 Å². The highest BCUT2D eigenvalue weighted by atomic mass is 16.2. The molecule has 0 aromatic heterocycles. The summed E-state index contributed by atoms with van der Waals surface area (Å²) in [5.41, 5.74) is 1.31. The van der Waals surface area contributed by atoms with Crippen LogP contribution in [0.15, 0.2) is 18.2 Å². The van der Waals surface area contributed by atoms with E-state index in [1.165, 1.54) is 24.2 Å². The van der Waals surface area contributed by atoms with Gasteiger partial charge in [-0.3, -0.25) is 24.2 Å². The molecule has 3 amide bonds. The third-order valence-electron chi connectivity index (χ3n) is 7.29. The maximum absolute atomic E-state index is 13.0. The molecular weight excluding hydrogens is 366 g/mol. The Morgan fingerprint density at radius 1 is 0.862 bits per heavy atom. The van der Waals surface area contributed by atoms with E-state index >= 15 is 0 Å². The number of nitrogens with zero attached hydrogens (tertiary/aromatic N) is 2. The Kier molecular flexibility index (Phi) is 4.90. The molecule has 6 nitrogen and oxygen atoms in total. The maximum atomic E-state index is 13.0. The molecular formula is C23H29N3O3. The van der Waals surface area contributed by atoms with Crippen molar-refractivity contribution >= 4 is 17.7 Å². The van der Waals surface area contributed by atoms with Crippen molar-refractivity contribution in [2.24, 2.45) is 0 Å². The molecule has 0 bridgehead atoms. The summed E-state index contributed by atoms with van der Waals surface area (Å²) in [7, 11) is 0. The fourth-order valence-electron chi connectivity index (χ4n) is 5.74. The topological polar surface area (TPSA) is 69.7 Å². The van der Waals surface area contributed by atoms with Crippen LogP contribution in [0.5, 0.6) is 0 Å². The van der Waals surface area contributed by atoms with Gasteiger partial charge < -0.3 is 5.32 Å². The van der Waals surface area contributed by atoms with E-state index in [1.807, 2.05) is 0 Å². The van der Waals surface area contributed by atoms with E-state index in [4.69, 9.17) is 0 Å². The van der Waals surface area contributed by atoms with Crippen LogP contribution in [0.4, 0.5) is 0 Å². The first kappa shape index (κ1) is 18.8. The summed E-state index contributed by atoms with van der Waals surface area (Å²) in [5, 5.41) is 3.20. The summed E-state index contributed by atoms with van der Waals surface area (Å²) >= 11 is 0. The van der Waals surface area contributed by atoms with Crippen molar-refractivity contribution in [1.82, 2.24) is 15.1 Å². The molecule has 2 unspecified atom stereocenters. The third kappa shape index (κ3) is 3.27. The van der Waals surface area contributed by atoms with E-state index in [2.05, 4.69) is 10.2 Å². The number of piperidine rings is 1. The van der Waals surface area contributed by atoms with Crippen LogP contribution >= 0.6 is 0 Å². The number of fused-ring (bicyclic) bond motifs is 2. The Labute approximate surface area is 171 Å². The highest BCUT2D eigenvalue weighted by molar-refractivity contribution is 6.22. The molecule has 29 heavy (non-hydrogen) atoms. The van der Waals surface area contributed by atoms with Crippen molar-refractivity contribution in [3.8, 4) is 0 Å². The lowest BCUT2D eigenvalue weighted by Crippen LogP contribution is -2.46. The first-order chi connectivity index (χ1) is 14.1. The molecule has 1 aromatic rings. The van der Waals surface area contributed by atoms with Gasteiger partial charge in [-0.15, -0.1) is 0 Å². The van der Waals surface area contributed by atoms with E-state index in [1.54, 1.807) is 18.2 Å². The van der Waals surface area contributed by atoms with Crippen LogP contribution < -0.4 is 5.32 Å². The van der Waals surface area contributed by atoms with Crippen molar-refractivity contribution < 1.29 is 14.4 Å². The Balaban J connectivity index is 1.32. The minimum atomic E-state index is -0.231. The molecule has 6 heteroatoms. The molecule has 0 spiro atoms. The second kappa shape index (κ2) is 7.56. The number of carbonyl (C=O) groups excluding carboxylic acids is 3. The van der Waals surface area contributed by atoms with Gasteiger partial charge in [0.15, 0.2) is 0 Å². The van der Waals surface area contributed by atoms with Gasteiger partial charge in [-0.1, -0.05) is 25.7 Å². The number of hydrogen-bond acceptors (Lipinski definition) is 4. The molecule has 1 saturated carbocycles. The van der Waals surface area contributed by atoms with E-state index in [0.29, 0.717) is 22.7 Å². The van der Waals surface area contributed by atoms with Gasteiger partial charge in [-0.25, -0.2) is 0 Å². The van der Waals surface area contributed by atoms with Gasteiger partial charge in [0, 0.05) is 30.2 Å². The second-order valence-corrected chi connectivity index (χ2v) is 9.00. The molecule has 3 aliphatic heterocycles. The summed E-state index contributed by atoms with van der Waals surface area (Å²) < 4.78 is 0. The van der Waals surface area contributed by atoms with Gasteiger partial charge in [0.1, 0.15) is 0 Å². The Bertz CT molecular complexity index is 846. The number of benzene rings is 1. The predicted molar refractivity (Wildman–Crippen MR) is 109 cm³/mol. The largest absolute Gasteiger partial charge is 0.348 e. The highest BCUT2D eigenvalue weighted by Crippen LogP contribution is 2.32. The zero-order valence-electron chi connectivity index (χ0n) is 16.9. The van der Waals surface area contributed by atoms with Crippen LogP contribution in [0.3, 0.4) is 0 Å². The monoisotopic (exact) mass is 395 g/mol. The van der Waals surface area contributed by atoms with Crippen LogP contribution in [0, 0.1) is 0 Å². The number of amides is 3. The van der Waals surface area contributed by atoms with Crippen LogP contribution in [0.25, 0.3) is 0 Å². The van der Waals surface area contributed by atoms with Crippen LogP contribution in [-0.4, -0.2) is 58.7 Å². The number of carbonyl (C=O) groups is 3. The summed E-state index contributed by atoms with van der Waals surface area (Å²) in [6.07, 6.45) is 9.65. The lowest BCUT2D eigenvalue weighted by atomic mass is 9.94. The van der Waals surface area contributed by atoms with Gasteiger partial charge >= 0.3 is 0 Å². The molecule has 0 radical (unpaired) electrons. The third-order valence-corrected chi connectivity index (χ3v) is 7.29. The quantitative estimate of drug-likeness (QED) is 0.799. The first-order valence-corrected chi connectivity index (χ1v) is 11.2. The van der Waals surface area contributed by atoms with Gasteiger partial charge in [0.2, 0.25) is 0 Å². The molecule has 4 aliphatic rings. The molecule has 3 heterocycles. The lowest BCUT2D eigenvalue weighted by Gasteiger charge is -2.32. The van der Waals surface area contributed by atoms with Gasteiger partial charge in [0.25, 0.3) is 17.7 Å². The van der Waals surface area contributed by atoms with Crippen LogP contribution in [0.1, 0.15) is 88.9 Å². The Morgan fingerprint density at radius 2 is 1.62 bits per heavy atom. The van der Waals surface area contributed by atoms with E-state index in [0.717, 1.165) is 51.6 Å². The molecule has 1 aliphatic carbocycles. The van der Waals surface area contributed by atoms with Gasteiger partial charge in [-0.05, 0) is 56.8 Å². The number of rotatable bonds is 3. The Morgan fingerprint density at radius 3 is 2.45 bits per heavy atom. The minimum Gasteiger partial charge on any atom is -0.348 e. The van der Waals surface area contributed by atoms with Gasteiger partial charge in [0.05, 0.1) is 11.1 Å². The highest BCUT2D eigenvalue weighted by Gasteiger charge is 2.41. The zero-order chi connectivity index (χ0) is 20.0. The van der Waals surface area contributed by atoms with Crippen molar-refractivity contribution in [1.29, 1.82) is 0 Å². The first-order valence-electron chi connectivity index (χ1n) is 11.2. The maximum Gasteiger partial charge on any atom is 0.261 e. The zero-order valence-corrected chi connectivity index (χ0v) is 16.9. The van der Waals surface area contributed by atoms with Crippen molar-refractivity contribution in [3.63, 3.8) is 0 Å². The van der Waals surface area contributed by atoms with E-state index in [9.17, 15) is 14.4 Å². The second-order valence-electron chi connectivity index (χ2n) is 9.00. The minimum absolute atomic E-state index is 0.00389. The number of hydrogen-bond donors (Lipinski definition) is 1. The molecule has 1 aromatic carbocycles. The number of nitrogens with one attached hydrogen (secondary N) is 1. The molecule has 3 fully saturated rings. The summed E-state index contributed by atoms with van der Waals surface area (Å²) in [5.74, 6) is -0.565. The van der Waals surface area contributed by atoms with Crippen LogP contribution in [-0.2, 0) is 0 Å². The average Bonchev–Trinajstić information content (AvgIpc) is 3.27. The summed E-state index contributed by atoms with van der Waals surface area (Å²) in [6, 6.07) is 5.59. The fraction of sp³-hybridized carbons (Fsp3) is 0.609. The summed E-state index contributed by atoms with van der Waals surface area (Å²) in [4.78, 5) is 42.6. The van der Waals surface area contributed by atoms with Crippen LogP contribution in [0.2, 0.25) is 0 Å². The van der Waals surface area contributed by atoms with E-state index < -0.39 is 0 Å². The predicted octanol–water partition coefficient (Wildman–Crippen LogP) is 2.97. The van der Waals surface area contributed by atoms with E-state index in [-0.39, 0.29) is 29.8 Å². The average molecular weight is 396 g/mol. The molecule has 5 rings (SSSR count). The molecule has 154 valence electrons. The molecule has 2 atom stereocenters. The van der Waals surface area contributed by atoms with Gasteiger partial charge in [-0.2, -0.15) is 0 Å². The normalized spacial score (nSPS) is 27.8. The molecule has 2 saturated heterocycles. The SMILES string of the molecule is O=C(NC1CCN2CCCCC12)c1ccc2c(c1)C(=O)N(C1CCCCC1)C2=O. The number of imide groups is 1. The standard InChI is InChI=1S/C23H29N3O3/c27-21(24-19-11-13-25-12-5-4-8-20(19)25)15-9-10-17-18(14-15)23(29)26(22(17)28)16-6-2-1-3-7-16/h9-10,14,16,19-20H,1-8,11-13H2,(H,24,27). The lowest BCUT2D eigenvalue weighted by molar-refractivity contribution is 0.0548. The fourth-order valence-corrected chi connectivity index (χ4v) is 5.74.